The number of aryl methyl sites for hydroxylation is 2. The standard InChI is InChI=1S/C21H27N5O4/c1-4-6-9-26-19-18(20(27)23-21(26)28)25(5-2)17(22-19)12-24(3)11-14-7-8-15-16(10-14)30-13-29-15/h7-8,10H,4-6,9,11-13H2,1-3H3,(H,23,27,28). The highest BCUT2D eigenvalue weighted by atomic mass is 16.7. The third kappa shape index (κ3) is 3.72. The van der Waals surface area contributed by atoms with Gasteiger partial charge < -0.3 is 14.0 Å². The Labute approximate surface area is 173 Å². The second kappa shape index (κ2) is 8.35. The van der Waals surface area contributed by atoms with E-state index in [0.717, 1.165) is 35.7 Å². The summed E-state index contributed by atoms with van der Waals surface area (Å²) in [5.74, 6) is 2.28. The normalized spacial score (nSPS) is 12.9. The van der Waals surface area contributed by atoms with E-state index in [-0.39, 0.29) is 12.4 Å². The first kappa shape index (κ1) is 20.2. The molecule has 1 aliphatic rings. The highest BCUT2D eigenvalue weighted by Crippen LogP contribution is 2.32. The van der Waals surface area contributed by atoms with Crippen LogP contribution in [-0.4, -0.2) is 37.8 Å². The van der Waals surface area contributed by atoms with E-state index in [0.29, 0.717) is 37.3 Å². The van der Waals surface area contributed by atoms with Gasteiger partial charge in [0.05, 0.1) is 6.54 Å². The number of aromatic nitrogens is 4. The van der Waals surface area contributed by atoms with Gasteiger partial charge in [0.15, 0.2) is 22.7 Å². The second-order valence-electron chi connectivity index (χ2n) is 7.57. The highest BCUT2D eigenvalue weighted by Gasteiger charge is 2.19. The van der Waals surface area contributed by atoms with Gasteiger partial charge in [-0.2, -0.15) is 0 Å². The van der Waals surface area contributed by atoms with Crippen molar-refractivity contribution in [2.75, 3.05) is 13.8 Å². The maximum absolute atomic E-state index is 12.5. The second-order valence-corrected chi connectivity index (χ2v) is 7.57. The summed E-state index contributed by atoms with van der Waals surface area (Å²) in [5, 5.41) is 0. The summed E-state index contributed by atoms with van der Waals surface area (Å²) in [6.45, 7) is 6.65. The van der Waals surface area contributed by atoms with Gasteiger partial charge in [-0.3, -0.25) is 19.2 Å². The summed E-state index contributed by atoms with van der Waals surface area (Å²) in [7, 11) is 2.00. The maximum Gasteiger partial charge on any atom is 0.330 e. The van der Waals surface area contributed by atoms with Crippen LogP contribution >= 0.6 is 0 Å². The molecule has 0 unspecified atom stereocenters. The Kier molecular flexibility index (Phi) is 5.63. The molecule has 2 aromatic heterocycles. The fourth-order valence-electron chi connectivity index (χ4n) is 3.85. The van der Waals surface area contributed by atoms with Gasteiger partial charge in [0.25, 0.3) is 5.56 Å². The zero-order valence-electron chi connectivity index (χ0n) is 17.6. The molecule has 0 fully saturated rings. The van der Waals surface area contributed by atoms with Crippen LogP contribution in [-0.2, 0) is 26.2 Å². The number of hydrogen-bond acceptors (Lipinski definition) is 6. The van der Waals surface area contributed by atoms with Crippen LogP contribution in [0.25, 0.3) is 11.2 Å². The lowest BCUT2D eigenvalue weighted by atomic mass is 10.2. The Bertz CT molecular complexity index is 1180. The molecule has 0 radical (unpaired) electrons. The molecule has 30 heavy (non-hydrogen) atoms. The average Bonchev–Trinajstić information content (AvgIpc) is 3.31. The first-order chi connectivity index (χ1) is 14.5. The van der Waals surface area contributed by atoms with E-state index in [1.54, 1.807) is 4.57 Å². The molecule has 1 N–H and O–H groups in total. The van der Waals surface area contributed by atoms with E-state index < -0.39 is 5.69 Å². The summed E-state index contributed by atoms with van der Waals surface area (Å²) in [6, 6.07) is 5.91. The van der Waals surface area contributed by atoms with E-state index in [1.807, 2.05) is 36.7 Å². The highest BCUT2D eigenvalue weighted by molar-refractivity contribution is 5.71. The molecule has 0 bridgehead atoms. The number of imidazole rings is 1. The Morgan fingerprint density at radius 1 is 1.13 bits per heavy atom. The molecule has 0 saturated carbocycles. The van der Waals surface area contributed by atoms with Gasteiger partial charge in [-0.25, -0.2) is 9.78 Å². The molecule has 9 heteroatoms. The van der Waals surface area contributed by atoms with Crippen LogP contribution < -0.4 is 20.7 Å². The van der Waals surface area contributed by atoms with Crippen molar-refractivity contribution in [3.05, 3.63) is 50.4 Å². The summed E-state index contributed by atoms with van der Waals surface area (Å²) < 4.78 is 14.3. The molecule has 0 spiro atoms. The van der Waals surface area contributed by atoms with E-state index >= 15 is 0 Å². The molecule has 1 aliphatic heterocycles. The lowest BCUT2D eigenvalue weighted by Gasteiger charge is -2.17. The third-order valence-electron chi connectivity index (χ3n) is 5.32. The van der Waals surface area contributed by atoms with Crippen molar-refractivity contribution in [3.63, 3.8) is 0 Å². The number of ether oxygens (including phenoxy) is 2. The number of hydrogen-bond donors (Lipinski definition) is 1. The van der Waals surface area contributed by atoms with Crippen LogP contribution in [0.3, 0.4) is 0 Å². The molecular weight excluding hydrogens is 386 g/mol. The monoisotopic (exact) mass is 413 g/mol. The molecule has 0 atom stereocenters. The van der Waals surface area contributed by atoms with Crippen molar-refractivity contribution in [2.45, 2.75) is 52.9 Å². The fraction of sp³-hybridized carbons (Fsp3) is 0.476. The van der Waals surface area contributed by atoms with E-state index in [2.05, 4.69) is 16.8 Å². The van der Waals surface area contributed by atoms with Crippen molar-refractivity contribution in [1.82, 2.24) is 24.0 Å². The average molecular weight is 413 g/mol. The molecular formula is C21H27N5O4. The minimum Gasteiger partial charge on any atom is -0.454 e. The third-order valence-corrected chi connectivity index (χ3v) is 5.32. The zero-order valence-corrected chi connectivity index (χ0v) is 17.6. The molecule has 3 heterocycles. The van der Waals surface area contributed by atoms with Gasteiger partial charge >= 0.3 is 5.69 Å². The SMILES string of the molecule is CCCCn1c(=O)[nH]c(=O)c2c1nc(CN(C)Cc1ccc3c(c1)OCO3)n2CC. The van der Waals surface area contributed by atoms with Crippen molar-refractivity contribution in [3.8, 4) is 11.5 Å². The maximum atomic E-state index is 12.5. The van der Waals surface area contributed by atoms with E-state index in [4.69, 9.17) is 14.5 Å². The molecule has 3 aromatic rings. The number of aromatic amines is 1. The Hall–Kier alpha value is -3.07. The summed E-state index contributed by atoms with van der Waals surface area (Å²) >= 11 is 0. The predicted molar refractivity (Wildman–Crippen MR) is 113 cm³/mol. The molecule has 9 nitrogen and oxygen atoms in total. The molecule has 0 amide bonds. The Morgan fingerprint density at radius 3 is 2.70 bits per heavy atom. The van der Waals surface area contributed by atoms with Gasteiger partial charge in [0.2, 0.25) is 6.79 Å². The van der Waals surface area contributed by atoms with Gasteiger partial charge in [-0.15, -0.1) is 0 Å². The molecule has 4 rings (SSSR count). The van der Waals surface area contributed by atoms with Crippen molar-refractivity contribution >= 4 is 11.2 Å². The first-order valence-corrected chi connectivity index (χ1v) is 10.3. The van der Waals surface area contributed by atoms with Gasteiger partial charge in [-0.1, -0.05) is 19.4 Å². The van der Waals surface area contributed by atoms with Crippen molar-refractivity contribution < 1.29 is 9.47 Å². The van der Waals surface area contributed by atoms with E-state index in [9.17, 15) is 9.59 Å². The van der Waals surface area contributed by atoms with Crippen LogP contribution in [0.5, 0.6) is 11.5 Å². The number of rotatable bonds is 8. The lowest BCUT2D eigenvalue weighted by Crippen LogP contribution is -2.31. The fourth-order valence-corrected chi connectivity index (χ4v) is 3.85. The number of benzene rings is 1. The smallest absolute Gasteiger partial charge is 0.330 e. The zero-order chi connectivity index (χ0) is 21.3. The minimum absolute atomic E-state index is 0.253. The molecule has 160 valence electrons. The van der Waals surface area contributed by atoms with Crippen molar-refractivity contribution in [1.29, 1.82) is 0 Å². The van der Waals surface area contributed by atoms with Crippen molar-refractivity contribution in [2.24, 2.45) is 0 Å². The van der Waals surface area contributed by atoms with Gasteiger partial charge in [0.1, 0.15) is 5.82 Å². The van der Waals surface area contributed by atoms with Crippen LogP contribution in [0.15, 0.2) is 27.8 Å². The summed E-state index contributed by atoms with van der Waals surface area (Å²) in [5.41, 5.74) is 1.23. The van der Waals surface area contributed by atoms with Crippen LogP contribution in [0.1, 0.15) is 38.1 Å². The quantitative estimate of drug-likeness (QED) is 0.608. The first-order valence-electron chi connectivity index (χ1n) is 10.3. The predicted octanol–water partition coefficient (Wildman–Crippen LogP) is 2.07. The Morgan fingerprint density at radius 2 is 1.93 bits per heavy atom. The van der Waals surface area contributed by atoms with Crippen LogP contribution in [0, 0.1) is 0 Å². The minimum atomic E-state index is -0.401. The molecule has 0 saturated heterocycles. The van der Waals surface area contributed by atoms with Gasteiger partial charge in [-0.05, 0) is 38.1 Å². The number of H-pyrrole nitrogens is 1. The van der Waals surface area contributed by atoms with Crippen LogP contribution in [0.4, 0.5) is 0 Å². The van der Waals surface area contributed by atoms with Gasteiger partial charge in [0, 0.05) is 19.6 Å². The number of unbranched alkanes of at least 4 members (excludes halogenated alkanes) is 1. The number of nitrogens with one attached hydrogen (secondary N) is 1. The number of nitrogens with zero attached hydrogens (tertiary/aromatic N) is 4. The summed E-state index contributed by atoms with van der Waals surface area (Å²) in [4.78, 5) is 34.2. The van der Waals surface area contributed by atoms with Crippen LogP contribution in [0.2, 0.25) is 0 Å². The summed E-state index contributed by atoms with van der Waals surface area (Å²) in [6.07, 6.45) is 1.80. The molecule has 0 aliphatic carbocycles. The molecule has 1 aromatic carbocycles. The number of fused-ring (bicyclic) bond motifs is 2. The topological polar surface area (TPSA) is 94.4 Å². The van der Waals surface area contributed by atoms with E-state index in [1.165, 1.54) is 0 Å². The Balaban J connectivity index is 1.64. The largest absolute Gasteiger partial charge is 0.454 e. The lowest BCUT2D eigenvalue weighted by molar-refractivity contribution is 0.174.